The molecular formula is C14H11N3O3. The molecule has 2 heterocycles. The molecule has 0 radical (unpaired) electrons. The highest BCUT2D eigenvalue weighted by atomic mass is 16.4. The summed E-state index contributed by atoms with van der Waals surface area (Å²) >= 11 is 0. The van der Waals surface area contributed by atoms with E-state index in [1.54, 1.807) is 19.9 Å². The predicted molar refractivity (Wildman–Crippen MR) is 71.5 cm³/mol. The van der Waals surface area contributed by atoms with Crippen LogP contribution in [-0.2, 0) is 0 Å². The Morgan fingerprint density at radius 3 is 2.70 bits per heavy atom. The smallest absolute Gasteiger partial charge is 0.356 e. The summed E-state index contributed by atoms with van der Waals surface area (Å²) in [5.74, 6) is -0.482. The van der Waals surface area contributed by atoms with Crippen molar-refractivity contribution in [3.8, 4) is 11.3 Å². The third kappa shape index (κ3) is 2.01. The number of carboxylic acid groups (broad SMARTS) is 1. The molecule has 0 amide bonds. The van der Waals surface area contributed by atoms with Crippen molar-refractivity contribution in [2.24, 2.45) is 0 Å². The van der Waals surface area contributed by atoms with E-state index in [1.165, 1.54) is 0 Å². The number of aromatic carboxylic acids is 1. The summed E-state index contributed by atoms with van der Waals surface area (Å²) in [6.45, 7) is 3.48. The lowest BCUT2D eigenvalue weighted by Crippen LogP contribution is -2.05. The van der Waals surface area contributed by atoms with E-state index >= 15 is 0 Å². The fourth-order valence-corrected chi connectivity index (χ4v) is 2.04. The van der Waals surface area contributed by atoms with Gasteiger partial charge < -0.3 is 9.52 Å². The molecular weight excluding hydrogens is 258 g/mol. The number of rotatable bonds is 2. The lowest BCUT2D eigenvalue weighted by atomic mass is 10.1. The van der Waals surface area contributed by atoms with Gasteiger partial charge in [0.25, 0.3) is 0 Å². The van der Waals surface area contributed by atoms with Crippen LogP contribution < -0.4 is 0 Å². The maximum absolute atomic E-state index is 10.9. The maximum Gasteiger partial charge on any atom is 0.356 e. The second kappa shape index (κ2) is 4.41. The molecule has 0 aliphatic rings. The first-order valence-electron chi connectivity index (χ1n) is 6.00. The number of benzene rings is 1. The molecule has 6 nitrogen and oxygen atoms in total. The summed E-state index contributed by atoms with van der Waals surface area (Å²) < 4.78 is 5.41. The van der Waals surface area contributed by atoms with Crippen LogP contribution in [0.2, 0.25) is 0 Å². The van der Waals surface area contributed by atoms with E-state index in [4.69, 9.17) is 9.52 Å². The highest BCUT2D eigenvalue weighted by Crippen LogP contribution is 2.24. The zero-order valence-corrected chi connectivity index (χ0v) is 10.9. The second-order valence-corrected chi connectivity index (χ2v) is 4.48. The number of hydrogen-bond donors (Lipinski definition) is 1. The van der Waals surface area contributed by atoms with Gasteiger partial charge in [0.05, 0.1) is 5.69 Å². The Hall–Kier alpha value is -2.76. The highest BCUT2D eigenvalue weighted by Gasteiger charge is 2.12. The second-order valence-electron chi connectivity index (χ2n) is 4.48. The minimum absolute atomic E-state index is 0.0351. The molecule has 0 saturated carbocycles. The van der Waals surface area contributed by atoms with Crippen molar-refractivity contribution < 1.29 is 14.3 Å². The number of oxazole rings is 1. The molecule has 0 spiro atoms. The Balaban J connectivity index is 2.10. The van der Waals surface area contributed by atoms with Crippen LogP contribution in [0.4, 0.5) is 0 Å². The van der Waals surface area contributed by atoms with E-state index < -0.39 is 5.97 Å². The van der Waals surface area contributed by atoms with Crippen LogP contribution in [0.3, 0.4) is 0 Å². The van der Waals surface area contributed by atoms with E-state index in [1.807, 2.05) is 18.2 Å². The number of hydrogen-bond acceptors (Lipinski definition) is 5. The molecule has 3 aromatic rings. The molecule has 0 fully saturated rings. The van der Waals surface area contributed by atoms with E-state index in [-0.39, 0.29) is 5.69 Å². The average molecular weight is 269 g/mol. The number of carboxylic acids is 1. The van der Waals surface area contributed by atoms with Gasteiger partial charge in [-0.15, -0.1) is 10.2 Å². The standard InChI is InChI=1S/C14H11N3O3/c1-7-5-10(16-17-13(7)14(18)19)9-3-4-12-11(6-9)15-8(2)20-12/h3-6H,1-2H3,(H,18,19). The average Bonchev–Trinajstić information content (AvgIpc) is 2.77. The zero-order valence-electron chi connectivity index (χ0n) is 10.9. The largest absolute Gasteiger partial charge is 0.476 e. The van der Waals surface area contributed by atoms with Gasteiger partial charge in [0.15, 0.2) is 17.2 Å². The lowest BCUT2D eigenvalue weighted by molar-refractivity contribution is 0.0688. The molecule has 3 rings (SSSR count). The maximum atomic E-state index is 10.9. The van der Waals surface area contributed by atoms with E-state index in [0.717, 1.165) is 11.1 Å². The minimum atomic E-state index is -1.08. The number of nitrogens with zero attached hydrogens (tertiary/aromatic N) is 3. The van der Waals surface area contributed by atoms with Gasteiger partial charge in [0.2, 0.25) is 0 Å². The normalized spacial score (nSPS) is 10.9. The minimum Gasteiger partial charge on any atom is -0.476 e. The first kappa shape index (κ1) is 12.3. The third-order valence-corrected chi connectivity index (χ3v) is 2.98. The van der Waals surface area contributed by atoms with Crippen molar-refractivity contribution in [2.75, 3.05) is 0 Å². The Labute approximate surface area is 114 Å². The fourth-order valence-electron chi connectivity index (χ4n) is 2.04. The van der Waals surface area contributed by atoms with Crippen LogP contribution in [0.15, 0.2) is 28.7 Å². The van der Waals surface area contributed by atoms with Crippen LogP contribution in [0.5, 0.6) is 0 Å². The van der Waals surface area contributed by atoms with Crippen molar-refractivity contribution in [1.29, 1.82) is 0 Å². The van der Waals surface area contributed by atoms with Gasteiger partial charge in [-0.3, -0.25) is 0 Å². The molecule has 0 aliphatic heterocycles. The summed E-state index contributed by atoms with van der Waals surface area (Å²) in [5, 5.41) is 16.6. The Bertz CT molecular complexity index is 824. The molecule has 0 aliphatic carbocycles. The van der Waals surface area contributed by atoms with Gasteiger partial charge in [0.1, 0.15) is 5.52 Å². The highest BCUT2D eigenvalue weighted by molar-refractivity contribution is 5.87. The lowest BCUT2D eigenvalue weighted by Gasteiger charge is -2.03. The SMILES string of the molecule is Cc1nc2cc(-c3cc(C)c(C(=O)O)nn3)ccc2o1. The molecule has 2 aromatic heterocycles. The molecule has 6 heteroatoms. The molecule has 1 aromatic carbocycles. The van der Waals surface area contributed by atoms with Gasteiger partial charge in [-0.25, -0.2) is 9.78 Å². The first-order chi connectivity index (χ1) is 9.54. The molecule has 0 unspecified atom stereocenters. The third-order valence-electron chi connectivity index (χ3n) is 2.98. The monoisotopic (exact) mass is 269 g/mol. The number of aromatic nitrogens is 3. The summed E-state index contributed by atoms with van der Waals surface area (Å²) in [4.78, 5) is 15.2. The van der Waals surface area contributed by atoms with Crippen molar-refractivity contribution in [2.45, 2.75) is 13.8 Å². The summed E-state index contributed by atoms with van der Waals surface area (Å²) in [7, 11) is 0. The quantitative estimate of drug-likeness (QED) is 0.769. The Kier molecular flexibility index (Phi) is 2.71. The molecule has 20 heavy (non-hydrogen) atoms. The van der Waals surface area contributed by atoms with Crippen LogP contribution in [0.25, 0.3) is 22.4 Å². The number of aryl methyl sites for hydroxylation is 2. The van der Waals surface area contributed by atoms with Crippen LogP contribution >= 0.6 is 0 Å². The van der Waals surface area contributed by atoms with E-state index in [0.29, 0.717) is 22.7 Å². The van der Waals surface area contributed by atoms with Crippen molar-refractivity contribution in [3.63, 3.8) is 0 Å². The zero-order chi connectivity index (χ0) is 14.3. The van der Waals surface area contributed by atoms with Gasteiger partial charge in [-0.2, -0.15) is 0 Å². The van der Waals surface area contributed by atoms with Gasteiger partial charge in [-0.1, -0.05) is 0 Å². The predicted octanol–water partition coefficient (Wildman–Crippen LogP) is 2.60. The summed E-state index contributed by atoms with van der Waals surface area (Å²) in [5.41, 5.74) is 3.40. The van der Waals surface area contributed by atoms with Crippen molar-refractivity contribution in [3.05, 3.63) is 41.4 Å². The van der Waals surface area contributed by atoms with E-state index in [9.17, 15) is 4.79 Å². The number of fused-ring (bicyclic) bond motifs is 1. The molecule has 0 bridgehead atoms. The first-order valence-corrected chi connectivity index (χ1v) is 6.00. The number of carbonyl (C=O) groups is 1. The van der Waals surface area contributed by atoms with Crippen LogP contribution in [-0.4, -0.2) is 26.3 Å². The van der Waals surface area contributed by atoms with E-state index in [2.05, 4.69) is 15.2 Å². The molecule has 1 N–H and O–H groups in total. The molecule has 100 valence electrons. The summed E-state index contributed by atoms with van der Waals surface area (Å²) in [6, 6.07) is 7.20. The van der Waals surface area contributed by atoms with Crippen molar-refractivity contribution in [1.82, 2.24) is 15.2 Å². The van der Waals surface area contributed by atoms with Crippen LogP contribution in [0, 0.1) is 13.8 Å². The topological polar surface area (TPSA) is 89.1 Å². The van der Waals surface area contributed by atoms with Gasteiger partial charge >= 0.3 is 5.97 Å². The van der Waals surface area contributed by atoms with Crippen molar-refractivity contribution >= 4 is 17.1 Å². The van der Waals surface area contributed by atoms with Crippen LogP contribution in [0.1, 0.15) is 21.9 Å². The Morgan fingerprint density at radius 1 is 1.20 bits per heavy atom. The van der Waals surface area contributed by atoms with Gasteiger partial charge in [0, 0.05) is 12.5 Å². The molecule has 0 atom stereocenters. The summed E-state index contributed by atoms with van der Waals surface area (Å²) in [6.07, 6.45) is 0. The Morgan fingerprint density at radius 2 is 2.00 bits per heavy atom. The molecule has 0 saturated heterocycles. The fraction of sp³-hybridized carbons (Fsp3) is 0.143. The van der Waals surface area contributed by atoms with Gasteiger partial charge in [-0.05, 0) is 36.8 Å².